The molecule has 0 aliphatic carbocycles. The third-order valence-corrected chi connectivity index (χ3v) is 5.90. The predicted octanol–water partition coefficient (Wildman–Crippen LogP) is 4.39. The minimum Gasteiger partial charge on any atom is -0.484 e. The van der Waals surface area contributed by atoms with E-state index in [1.165, 1.54) is 6.33 Å². The van der Waals surface area contributed by atoms with Crippen molar-refractivity contribution in [3.8, 4) is 5.75 Å². The minimum absolute atomic E-state index is 0.0198. The van der Waals surface area contributed by atoms with E-state index in [1.807, 2.05) is 56.3 Å². The Bertz CT molecular complexity index is 1150. The van der Waals surface area contributed by atoms with E-state index in [2.05, 4.69) is 25.9 Å². The topological polar surface area (TPSA) is 105 Å². The van der Waals surface area contributed by atoms with Gasteiger partial charge >= 0.3 is 0 Å². The summed E-state index contributed by atoms with van der Waals surface area (Å²) in [5, 5.41) is 9.43. The molecule has 8 heteroatoms. The molecule has 0 fully saturated rings. The number of carbonyl (C=O) groups excluding carboxylic acids is 2. The average Bonchev–Trinajstić information content (AvgIpc) is 2.85. The molecular weight excluding hydrogens is 430 g/mol. The Kier molecular flexibility index (Phi) is 7.37. The number of Topliss-reactive ketones (excluding diaryl/α,β-unsaturated/α-hetero) is 1. The van der Waals surface area contributed by atoms with Crippen molar-refractivity contribution in [1.29, 1.82) is 0 Å². The van der Waals surface area contributed by atoms with Crippen LogP contribution in [0.4, 0.5) is 23.0 Å². The molecule has 2 unspecified atom stereocenters. The van der Waals surface area contributed by atoms with Crippen molar-refractivity contribution in [2.45, 2.75) is 39.2 Å². The van der Waals surface area contributed by atoms with Gasteiger partial charge in [0.2, 0.25) is 0 Å². The van der Waals surface area contributed by atoms with Crippen LogP contribution >= 0.6 is 0 Å². The van der Waals surface area contributed by atoms with Crippen LogP contribution in [0.15, 0.2) is 60.9 Å². The third kappa shape index (κ3) is 6.10. The molecule has 3 heterocycles. The van der Waals surface area contributed by atoms with Gasteiger partial charge in [-0.05, 0) is 54.3 Å². The number of hydrogen-bond donors (Lipinski definition) is 3. The van der Waals surface area contributed by atoms with Gasteiger partial charge in [-0.2, -0.15) is 0 Å². The van der Waals surface area contributed by atoms with E-state index in [0.717, 1.165) is 23.4 Å². The molecule has 2 aliphatic heterocycles. The van der Waals surface area contributed by atoms with Gasteiger partial charge in [0.15, 0.2) is 12.4 Å². The van der Waals surface area contributed by atoms with Crippen LogP contribution in [-0.2, 0) is 16.0 Å². The van der Waals surface area contributed by atoms with Crippen molar-refractivity contribution in [3.05, 3.63) is 66.5 Å². The van der Waals surface area contributed by atoms with Crippen LogP contribution in [-0.4, -0.2) is 34.3 Å². The normalized spacial score (nSPS) is 17.5. The lowest BCUT2D eigenvalue weighted by molar-refractivity contribution is -0.130. The molecule has 0 saturated carbocycles. The van der Waals surface area contributed by atoms with Crippen molar-refractivity contribution >= 4 is 34.7 Å². The van der Waals surface area contributed by atoms with Crippen molar-refractivity contribution in [3.63, 3.8) is 0 Å². The molecule has 176 valence electrons. The lowest BCUT2D eigenvalue weighted by Gasteiger charge is -2.23. The molecule has 2 atom stereocenters. The lowest BCUT2D eigenvalue weighted by Crippen LogP contribution is -2.46. The highest BCUT2D eigenvalue weighted by Crippen LogP contribution is 2.23. The van der Waals surface area contributed by atoms with Crippen LogP contribution in [0, 0.1) is 5.92 Å². The minimum atomic E-state index is -0.543. The fourth-order valence-electron chi connectivity index (χ4n) is 3.79. The highest BCUT2D eigenvalue weighted by molar-refractivity contribution is 5.90. The maximum Gasteiger partial charge on any atom is 0.258 e. The first-order chi connectivity index (χ1) is 16.5. The molecular formula is C26H29N5O3. The van der Waals surface area contributed by atoms with E-state index < -0.39 is 6.04 Å². The van der Waals surface area contributed by atoms with Gasteiger partial charge in [0.25, 0.3) is 5.91 Å². The zero-order chi connectivity index (χ0) is 23.9. The molecule has 8 nitrogen and oxygen atoms in total. The average molecular weight is 460 g/mol. The molecule has 3 N–H and O–H groups in total. The van der Waals surface area contributed by atoms with E-state index in [0.29, 0.717) is 30.2 Å². The Hall–Kier alpha value is -3.94. The monoisotopic (exact) mass is 459 g/mol. The van der Waals surface area contributed by atoms with Crippen molar-refractivity contribution < 1.29 is 14.3 Å². The number of hydrogen-bond acceptors (Lipinski definition) is 7. The summed E-state index contributed by atoms with van der Waals surface area (Å²) >= 11 is 0. The van der Waals surface area contributed by atoms with Gasteiger partial charge in [0.05, 0.1) is 6.04 Å². The number of nitrogens with zero attached hydrogens (tertiary/aromatic N) is 2. The van der Waals surface area contributed by atoms with Gasteiger partial charge in [0, 0.05) is 23.9 Å². The number of anilines is 4. The van der Waals surface area contributed by atoms with Crippen LogP contribution in [0.2, 0.25) is 0 Å². The molecule has 3 aromatic rings. The van der Waals surface area contributed by atoms with E-state index in [-0.39, 0.29) is 24.2 Å². The van der Waals surface area contributed by atoms with Gasteiger partial charge in [0.1, 0.15) is 23.7 Å². The van der Waals surface area contributed by atoms with Crippen LogP contribution in [0.25, 0.3) is 0 Å². The highest BCUT2D eigenvalue weighted by atomic mass is 16.5. The Morgan fingerprint density at radius 1 is 0.971 bits per heavy atom. The quantitative estimate of drug-likeness (QED) is 0.522. The SMILES string of the molecule is CCC(C)C1NC(=O)COc2ccc(cc2)Nc2cc(ncn2)Nc2cccc(c2)CCC1=O. The highest BCUT2D eigenvalue weighted by Gasteiger charge is 2.25. The van der Waals surface area contributed by atoms with Gasteiger partial charge in [-0.25, -0.2) is 9.97 Å². The molecule has 34 heavy (non-hydrogen) atoms. The summed E-state index contributed by atoms with van der Waals surface area (Å²) in [6, 6.07) is 16.4. The second kappa shape index (κ2) is 10.8. The summed E-state index contributed by atoms with van der Waals surface area (Å²) in [6.45, 7) is 3.84. The number of ketones is 1. The number of benzene rings is 2. The van der Waals surface area contributed by atoms with Gasteiger partial charge in [-0.1, -0.05) is 32.4 Å². The Morgan fingerprint density at radius 2 is 1.71 bits per heavy atom. The fraction of sp³-hybridized carbons (Fsp3) is 0.308. The predicted molar refractivity (Wildman–Crippen MR) is 132 cm³/mol. The molecule has 1 amide bonds. The molecule has 0 radical (unpaired) electrons. The fourth-order valence-corrected chi connectivity index (χ4v) is 3.79. The number of rotatable bonds is 2. The molecule has 0 spiro atoms. The van der Waals surface area contributed by atoms with Gasteiger partial charge in [-0.15, -0.1) is 0 Å². The van der Waals surface area contributed by atoms with Crippen LogP contribution in [0.3, 0.4) is 0 Å². The first-order valence-corrected chi connectivity index (χ1v) is 11.5. The van der Waals surface area contributed by atoms with E-state index in [4.69, 9.17) is 4.74 Å². The van der Waals surface area contributed by atoms with Gasteiger partial charge < -0.3 is 20.7 Å². The number of nitrogens with one attached hydrogen (secondary N) is 3. The molecule has 2 aliphatic rings. The van der Waals surface area contributed by atoms with Crippen LogP contribution in [0.1, 0.15) is 32.3 Å². The smallest absolute Gasteiger partial charge is 0.258 e. The Labute approximate surface area is 199 Å². The third-order valence-electron chi connectivity index (χ3n) is 5.90. The largest absolute Gasteiger partial charge is 0.484 e. The number of amides is 1. The Morgan fingerprint density at radius 3 is 2.44 bits per heavy atom. The number of aromatic nitrogens is 2. The first-order valence-electron chi connectivity index (χ1n) is 11.5. The number of aryl methyl sites for hydroxylation is 1. The van der Waals surface area contributed by atoms with Crippen molar-refractivity contribution in [2.75, 3.05) is 17.2 Å². The summed E-state index contributed by atoms with van der Waals surface area (Å²) in [6.07, 6.45) is 3.19. The van der Waals surface area contributed by atoms with Crippen LogP contribution < -0.4 is 20.7 Å². The first kappa shape index (κ1) is 23.2. The summed E-state index contributed by atoms with van der Waals surface area (Å²) in [5.74, 6) is 1.59. The van der Waals surface area contributed by atoms with E-state index in [1.54, 1.807) is 12.1 Å². The maximum atomic E-state index is 13.1. The molecule has 6 bridgehead atoms. The number of fused-ring (bicyclic) bond motifs is 9. The molecule has 5 rings (SSSR count). The van der Waals surface area contributed by atoms with Crippen molar-refractivity contribution in [2.24, 2.45) is 5.92 Å². The van der Waals surface area contributed by atoms with Gasteiger partial charge in [-0.3, -0.25) is 9.59 Å². The molecule has 2 aromatic carbocycles. The zero-order valence-electron chi connectivity index (χ0n) is 19.4. The zero-order valence-corrected chi connectivity index (χ0v) is 19.4. The summed E-state index contributed by atoms with van der Waals surface area (Å²) in [5.41, 5.74) is 2.72. The standard InChI is InChI=1S/C26H29N5O3/c1-3-17(2)26-22(32)12-7-18-5-4-6-20(13-18)30-24-14-23(27-16-28-24)29-19-8-10-21(11-9-19)34-15-25(33)31-26/h4-6,8-11,13-14,16-17,26H,3,7,12,15H2,1-2H3,(H,31,33)(H2,27,28,29,30). The summed E-state index contributed by atoms with van der Waals surface area (Å²) in [7, 11) is 0. The summed E-state index contributed by atoms with van der Waals surface area (Å²) < 4.78 is 5.64. The molecule has 0 saturated heterocycles. The van der Waals surface area contributed by atoms with E-state index in [9.17, 15) is 9.59 Å². The second-order valence-corrected chi connectivity index (χ2v) is 8.45. The summed E-state index contributed by atoms with van der Waals surface area (Å²) in [4.78, 5) is 34.2. The number of carbonyl (C=O) groups is 2. The second-order valence-electron chi connectivity index (χ2n) is 8.45. The Balaban J connectivity index is 1.62. The molecule has 1 aromatic heterocycles. The maximum absolute atomic E-state index is 13.1. The van der Waals surface area contributed by atoms with Crippen LogP contribution in [0.5, 0.6) is 5.75 Å². The lowest BCUT2D eigenvalue weighted by atomic mass is 9.92. The van der Waals surface area contributed by atoms with Crippen molar-refractivity contribution in [1.82, 2.24) is 15.3 Å². The number of ether oxygens (including phenoxy) is 1. The van der Waals surface area contributed by atoms with E-state index >= 15 is 0 Å².